The molecule has 1 saturated heterocycles. The molecule has 2 aromatic rings. The summed E-state index contributed by atoms with van der Waals surface area (Å²) in [5.74, 6) is -2.23. The first kappa shape index (κ1) is 23.0. The molecular weight excluding hydrogens is 437 g/mol. The van der Waals surface area contributed by atoms with Crippen LogP contribution in [0.4, 0.5) is 5.69 Å². The van der Waals surface area contributed by atoms with Gasteiger partial charge in [0.1, 0.15) is 18.4 Å². The lowest BCUT2D eigenvalue weighted by Gasteiger charge is -2.23. The van der Waals surface area contributed by atoms with E-state index >= 15 is 0 Å². The Morgan fingerprint density at radius 2 is 2.10 bits per heavy atom. The molecule has 2 heterocycles. The minimum absolute atomic E-state index is 0.176. The van der Waals surface area contributed by atoms with Crippen LogP contribution in [-0.4, -0.2) is 48.4 Å². The molecule has 14 heteroatoms. The molecular formula is C17H20N3O10P. The molecule has 3 rings (SSSR count). The van der Waals surface area contributed by atoms with Crippen molar-refractivity contribution >= 4 is 13.3 Å². The van der Waals surface area contributed by atoms with E-state index in [1.807, 2.05) is 0 Å². The number of aryl methyl sites for hydroxylation is 1. The molecule has 5 atom stereocenters. The molecule has 0 spiro atoms. The van der Waals surface area contributed by atoms with Crippen molar-refractivity contribution in [1.29, 1.82) is 0 Å². The van der Waals surface area contributed by atoms with E-state index in [9.17, 15) is 39.4 Å². The number of para-hydroxylation sites is 1. The number of aliphatic hydroxyl groups excluding tert-OH is 2. The fourth-order valence-corrected chi connectivity index (χ4v) is 4.54. The van der Waals surface area contributed by atoms with Crippen LogP contribution in [-0.2, 0) is 13.8 Å². The lowest BCUT2D eigenvalue weighted by molar-refractivity contribution is -0.386. The topological polar surface area (TPSA) is 194 Å². The van der Waals surface area contributed by atoms with Gasteiger partial charge in [-0.05, 0) is 13.0 Å². The van der Waals surface area contributed by atoms with Crippen LogP contribution in [0.15, 0.2) is 40.1 Å². The second kappa shape index (κ2) is 8.83. The lowest BCUT2D eigenvalue weighted by atomic mass is 10.2. The van der Waals surface area contributed by atoms with Gasteiger partial charge in [0.25, 0.3) is 11.2 Å². The Morgan fingerprint density at radius 1 is 1.42 bits per heavy atom. The summed E-state index contributed by atoms with van der Waals surface area (Å²) in [6.45, 7) is 0.826. The van der Waals surface area contributed by atoms with E-state index in [1.165, 1.54) is 25.3 Å². The standard InChI is InChI=1S/C17H20N3O10P/c1-9-7-19(17(24)18-15(9)22)14-6-12(13(8-21)29-14)30-31(27,28)16(23)10-4-2-3-5-11(10)20(25)26/h2-5,7,12-14,16,21,23H,6,8H2,1H3,(H,27,28)(H,18,22,24)/t12-,13+,14+,16?/m0/s1. The number of rotatable bonds is 7. The maximum Gasteiger partial charge on any atom is 0.361 e. The quantitative estimate of drug-likeness (QED) is 0.255. The van der Waals surface area contributed by atoms with Crippen LogP contribution >= 0.6 is 7.60 Å². The molecule has 13 nitrogen and oxygen atoms in total. The highest BCUT2D eigenvalue weighted by atomic mass is 31.2. The number of nitro groups is 1. The Hall–Kier alpha value is -2.67. The van der Waals surface area contributed by atoms with Gasteiger partial charge in [0, 0.05) is 24.2 Å². The van der Waals surface area contributed by atoms with Crippen molar-refractivity contribution in [1.82, 2.24) is 9.55 Å². The summed E-state index contributed by atoms with van der Waals surface area (Å²) >= 11 is 0. The average Bonchev–Trinajstić information content (AvgIpc) is 3.11. The molecule has 0 amide bonds. The van der Waals surface area contributed by atoms with Crippen LogP contribution in [0.2, 0.25) is 0 Å². The third-order valence-corrected chi connectivity index (χ3v) is 6.29. The lowest BCUT2D eigenvalue weighted by Crippen LogP contribution is -2.33. The summed E-state index contributed by atoms with van der Waals surface area (Å²) in [5.41, 5.74) is -2.14. The number of aromatic amines is 1. The number of nitrogens with one attached hydrogen (secondary N) is 1. The van der Waals surface area contributed by atoms with Gasteiger partial charge < -0.3 is 24.4 Å². The van der Waals surface area contributed by atoms with E-state index in [-0.39, 0.29) is 12.0 Å². The highest BCUT2D eigenvalue weighted by Crippen LogP contribution is 2.58. The van der Waals surface area contributed by atoms with Gasteiger partial charge in [0.15, 0.2) is 5.85 Å². The van der Waals surface area contributed by atoms with Crippen molar-refractivity contribution in [3.05, 3.63) is 72.5 Å². The molecule has 0 aliphatic carbocycles. The second-order valence-corrected chi connectivity index (χ2v) is 8.75. The number of nitrogens with zero attached hydrogens (tertiary/aromatic N) is 2. The minimum Gasteiger partial charge on any atom is -0.394 e. The second-order valence-electron chi connectivity index (χ2n) is 6.92. The van der Waals surface area contributed by atoms with E-state index < -0.39 is 65.9 Å². The maximum absolute atomic E-state index is 12.7. The number of H-pyrrole nitrogens is 1. The van der Waals surface area contributed by atoms with Gasteiger partial charge >= 0.3 is 13.3 Å². The molecule has 0 bridgehead atoms. The minimum atomic E-state index is -4.90. The predicted molar refractivity (Wildman–Crippen MR) is 104 cm³/mol. The summed E-state index contributed by atoms with van der Waals surface area (Å²) < 4.78 is 24.5. The summed E-state index contributed by atoms with van der Waals surface area (Å²) in [7, 11) is -4.90. The Labute approximate surface area is 174 Å². The zero-order chi connectivity index (χ0) is 22.9. The number of aromatic nitrogens is 2. The number of nitro benzene ring substituents is 1. The molecule has 0 saturated carbocycles. The molecule has 0 radical (unpaired) electrons. The van der Waals surface area contributed by atoms with Crippen molar-refractivity contribution in [3.8, 4) is 0 Å². The van der Waals surface area contributed by atoms with Crippen molar-refractivity contribution < 1.29 is 33.9 Å². The number of ether oxygens (including phenoxy) is 1. The Balaban J connectivity index is 1.85. The van der Waals surface area contributed by atoms with Gasteiger partial charge in [-0.3, -0.25) is 29.0 Å². The van der Waals surface area contributed by atoms with Gasteiger partial charge in [0.05, 0.1) is 17.1 Å². The van der Waals surface area contributed by atoms with Crippen molar-refractivity contribution in [2.24, 2.45) is 0 Å². The predicted octanol–water partition coefficient (Wildman–Crippen LogP) is 0.295. The molecule has 1 aromatic heterocycles. The first-order chi connectivity index (χ1) is 14.5. The number of aliphatic hydroxyl groups is 2. The van der Waals surface area contributed by atoms with Gasteiger partial charge in [-0.25, -0.2) is 4.79 Å². The van der Waals surface area contributed by atoms with Crippen LogP contribution in [0.5, 0.6) is 0 Å². The monoisotopic (exact) mass is 457 g/mol. The van der Waals surface area contributed by atoms with E-state index in [2.05, 4.69) is 4.98 Å². The molecule has 168 valence electrons. The summed E-state index contributed by atoms with van der Waals surface area (Å²) in [6, 6.07) is 4.87. The van der Waals surface area contributed by atoms with Crippen molar-refractivity contribution in [2.75, 3.05) is 6.61 Å². The third-order valence-electron chi connectivity index (χ3n) is 4.82. The fraction of sp³-hybridized carbons (Fsp3) is 0.412. The summed E-state index contributed by atoms with van der Waals surface area (Å²) in [4.78, 5) is 46.4. The first-order valence-corrected chi connectivity index (χ1v) is 10.7. The molecule has 31 heavy (non-hydrogen) atoms. The number of hydrogen-bond acceptors (Lipinski definition) is 9. The normalized spacial score (nSPS) is 23.9. The van der Waals surface area contributed by atoms with Crippen LogP contribution in [0.25, 0.3) is 0 Å². The molecule has 4 N–H and O–H groups in total. The Morgan fingerprint density at radius 3 is 2.74 bits per heavy atom. The van der Waals surface area contributed by atoms with Crippen molar-refractivity contribution in [2.45, 2.75) is 37.6 Å². The van der Waals surface area contributed by atoms with Crippen LogP contribution in [0.1, 0.15) is 29.6 Å². The number of hydrogen-bond donors (Lipinski definition) is 4. The number of benzene rings is 1. The maximum atomic E-state index is 12.7. The average molecular weight is 457 g/mol. The molecule has 1 aromatic carbocycles. The van der Waals surface area contributed by atoms with E-state index in [1.54, 1.807) is 0 Å². The zero-order valence-electron chi connectivity index (χ0n) is 16.2. The SMILES string of the molecule is Cc1cn([C@H]2C[C@H](OP(=O)(O)C(O)c3ccccc3[N+](=O)[O-])[C@@H](CO)O2)c(=O)[nH]c1=O. The highest BCUT2D eigenvalue weighted by molar-refractivity contribution is 7.53. The van der Waals surface area contributed by atoms with E-state index in [0.29, 0.717) is 0 Å². The fourth-order valence-electron chi connectivity index (χ4n) is 3.25. The molecule has 1 fully saturated rings. The molecule has 1 aliphatic rings. The zero-order valence-corrected chi connectivity index (χ0v) is 17.0. The largest absolute Gasteiger partial charge is 0.394 e. The van der Waals surface area contributed by atoms with Gasteiger partial charge in [-0.15, -0.1) is 0 Å². The van der Waals surface area contributed by atoms with Gasteiger partial charge in [-0.1, -0.05) is 12.1 Å². The molecule has 2 unspecified atom stereocenters. The van der Waals surface area contributed by atoms with Gasteiger partial charge in [0.2, 0.25) is 0 Å². The van der Waals surface area contributed by atoms with E-state index in [0.717, 1.165) is 16.7 Å². The van der Waals surface area contributed by atoms with Crippen LogP contribution in [0, 0.1) is 17.0 Å². The third kappa shape index (κ3) is 4.66. The van der Waals surface area contributed by atoms with Gasteiger partial charge in [-0.2, -0.15) is 0 Å². The molecule has 1 aliphatic heterocycles. The highest BCUT2D eigenvalue weighted by Gasteiger charge is 2.45. The van der Waals surface area contributed by atoms with Crippen LogP contribution < -0.4 is 11.2 Å². The summed E-state index contributed by atoms with van der Waals surface area (Å²) in [5, 5.41) is 31.1. The van der Waals surface area contributed by atoms with Crippen LogP contribution in [0.3, 0.4) is 0 Å². The van der Waals surface area contributed by atoms with E-state index in [4.69, 9.17) is 9.26 Å². The Kier molecular flexibility index (Phi) is 6.55. The summed E-state index contributed by atoms with van der Waals surface area (Å²) in [6.07, 6.45) is -2.34. The Bertz CT molecular complexity index is 1150. The van der Waals surface area contributed by atoms with Crippen molar-refractivity contribution in [3.63, 3.8) is 0 Å². The first-order valence-electron chi connectivity index (χ1n) is 9.05. The smallest absolute Gasteiger partial charge is 0.361 e.